The second kappa shape index (κ2) is 13.1. The maximum atomic E-state index is 13.9. The zero-order valence-corrected chi connectivity index (χ0v) is 23.5. The van der Waals surface area contributed by atoms with Gasteiger partial charge in [-0.3, -0.25) is 9.59 Å². The Balaban J connectivity index is 0.000000616. The van der Waals surface area contributed by atoms with Crippen molar-refractivity contribution in [1.82, 2.24) is 30.5 Å². The maximum Gasteiger partial charge on any atom is 0.490 e. The summed E-state index contributed by atoms with van der Waals surface area (Å²) >= 11 is 0. The second-order valence-electron chi connectivity index (χ2n) is 10.7. The predicted molar refractivity (Wildman–Crippen MR) is 144 cm³/mol. The van der Waals surface area contributed by atoms with Gasteiger partial charge in [-0.15, -0.1) is 12.3 Å². The van der Waals surface area contributed by atoms with E-state index >= 15 is 0 Å². The lowest BCUT2D eigenvalue weighted by Gasteiger charge is -2.31. The van der Waals surface area contributed by atoms with Crippen molar-refractivity contribution in [2.45, 2.75) is 69.0 Å². The van der Waals surface area contributed by atoms with Crippen molar-refractivity contribution in [3.8, 4) is 12.3 Å². The first-order valence-electron chi connectivity index (χ1n) is 13.1. The second-order valence-corrected chi connectivity index (χ2v) is 10.7. The van der Waals surface area contributed by atoms with E-state index in [1.165, 1.54) is 6.20 Å². The number of nitrogens with zero attached hydrogens (tertiary/aromatic N) is 6. The van der Waals surface area contributed by atoms with E-state index in [2.05, 4.69) is 36.9 Å². The van der Waals surface area contributed by atoms with Crippen LogP contribution in [0, 0.1) is 12.3 Å². The first kappa shape index (κ1) is 32.2. The minimum Gasteiger partial charge on any atom is -0.475 e. The average Bonchev–Trinajstić information content (AvgIpc) is 3.79. The van der Waals surface area contributed by atoms with Crippen molar-refractivity contribution in [2.24, 2.45) is 10.2 Å². The molecule has 12 nitrogen and oxygen atoms in total. The van der Waals surface area contributed by atoms with Crippen molar-refractivity contribution in [2.75, 3.05) is 20.6 Å². The summed E-state index contributed by atoms with van der Waals surface area (Å²) in [7, 11) is 3.95. The van der Waals surface area contributed by atoms with E-state index < -0.39 is 23.9 Å². The van der Waals surface area contributed by atoms with Crippen molar-refractivity contribution >= 4 is 17.8 Å². The molecule has 4 rings (SSSR count). The number of alkyl halides is 3. The minimum atomic E-state index is -5.08. The lowest BCUT2D eigenvalue weighted by molar-refractivity contribution is -0.192. The molecule has 1 atom stereocenters. The van der Waals surface area contributed by atoms with Gasteiger partial charge in [0.25, 0.3) is 5.91 Å². The molecule has 15 heteroatoms. The van der Waals surface area contributed by atoms with E-state index in [1.54, 1.807) is 11.0 Å². The summed E-state index contributed by atoms with van der Waals surface area (Å²) < 4.78 is 31.7. The van der Waals surface area contributed by atoms with Gasteiger partial charge in [0.2, 0.25) is 5.91 Å². The Morgan fingerprint density at radius 2 is 1.88 bits per heavy atom. The number of carbonyl (C=O) groups excluding carboxylic acids is 2. The van der Waals surface area contributed by atoms with Gasteiger partial charge >= 0.3 is 12.1 Å². The summed E-state index contributed by atoms with van der Waals surface area (Å²) in [4.78, 5) is 40.0. The highest BCUT2D eigenvalue weighted by atomic mass is 19.4. The fraction of sp³-hybridized carbons (Fsp3) is 0.519. The number of aromatic nitrogens is 3. The highest BCUT2D eigenvalue weighted by Crippen LogP contribution is 2.39. The largest absolute Gasteiger partial charge is 0.490 e. The molecule has 226 valence electrons. The fourth-order valence-electron chi connectivity index (χ4n) is 4.11. The molecule has 0 bridgehead atoms. The van der Waals surface area contributed by atoms with Gasteiger partial charge in [0.1, 0.15) is 5.69 Å². The van der Waals surface area contributed by atoms with Gasteiger partial charge in [-0.05, 0) is 51.6 Å². The van der Waals surface area contributed by atoms with Gasteiger partial charge in [0.15, 0.2) is 11.7 Å². The molecule has 1 fully saturated rings. The van der Waals surface area contributed by atoms with Gasteiger partial charge in [0.05, 0.1) is 6.20 Å². The number of H-pyrrole nitrogens is 1. The van der Waals surface area contributed by atoms with Crippen molar-refractivity contribution < 1.29 is 32.7 Å². The Bertz CT molecular complexity index is 1330. The average molecular weight is 591 g/mol. The van der Waals surface area contributed by atoms with Crippen LogP contribution in [0.15, 0.2) is 40.7 Å². The number of aromatic amines is 1. The van der Waals surface area contributed by atoms with E-state index in [1.807, 2.05) is 44.1 Å². The molecule has 1 aromatic heterocycles. The number of carbonyl (C=O) groups is 3. The standard InChI is InChI=1S/C25H32N8O2.C2HF3O2/c1-5-6-10-25(29-30-25)13-14-33(23(35)19-9-7-8-18(15-19)17-32(3)4)21(20-16-26-31-28-20)22(34)27-24(2)11-12-24;3-2(4,5)1(6)7/h1,7-9,15-16,21H,6,10-14,17H2,2-4H3,(H,27,34)(H,26,28,31);(H,6,7). The highest BCUT2D eigenvalue weighted by Gasteiger charge is 2.45. The van der Waals surface area contributed by atoms with Crippen LogP contribution in [0.25, 0.3) is 0 Å². The van der Waals surface area contributed by atoms with Gasteiger partial charge in [-0.2, -0.15) is 38.8 Å². The lowest BCUT2D eigenvalue weighted by Crippen LogP contribution is -2.48. The zero-order chi connectivity index (χ0) is 31.1. The number of rotatable bonds is 12. The van der Waals surface area contributed by atoms with Crippen molar-refractivity contribution in [3.05, 3.63) is 47.3 Å². The Morgan fingerprint density at radius 3 is 2.38 bits per heavy atom. The van der Waals surface area contributed by atoms with E-state index in [4.69, 9.17) is 16.3 Å². The molecule has 2 aliphatic rings. The van der Waals surface area contributed by atoms with Crippen LogP contribution in [-0.2, 0) is 16.1 Å². The Kier molecular flexibility index (Phi) is 10.1. The zero-order valence-electron chi connectivity index (χ0n) is 23.5. The summed E-state index contributed by atoms with van der Waals surface area (Å²) in [5.41, 5.74) is 1.04. The topological polar surface area (TPSA) is 156 Å². The SMILES string of the molecule is C#CCCC1(CCN(C(=O)c2cccc(CN(C)C)c2)C(C(=O)NC2(C)CC2)c2cn[nH]n2)N=N1.O=C(O)C(F)(F)F. The van der Waals surface area contributed by atoms with Crippen molar-refractivity contribution in [1.29, 1.82) is 0 Å². The van der Waals surface area contributed by atoms with Crippen LogP contribution in [0.4, 0.5) is 13.2 Å². The Hall–Kier alpha value is -4.32. The molecular formula is C27H33F3N8O4. The van der Waals surface area contributed by atoms with Gasteiger partial charge in [0, 0.05) is 43.5 Å². The van der Waals surface area contributed by atoms with Crippen LogP contribution in [0.3, 0.4) is 0 Å². The van der Waals surface area contributed by atoms with E-state index in [-0.39, 0.29) is 23.9 Å². The summed E-state index contributed by atoms with van der Waals surface area (Å²) in [5, 5.41) is 29.3. The summed E-state index contributed by atoms with van der Waals surface area (Å²) in [6.45, 7) is 2.95. The number of benzene rings is 1. The first-order chi connectivity index (χ1) is 19.7. The third-order valence-corrected chi connectivity index (χ3v) is 6.68. The molecular weight excluding hydrogens is 557 g/mol. The summed E-state index contributed by atoms with van der Waals surface area (Å²) in [6, 6.07) is 6.54. The third-order valence-electron chi connectivity index (χ3n) is 6.68. The molecule has 1 aliphatic carbocycles. The molecule has 3 N–H and O–H groups in total. The maximum absolute atomic E-state index is 13.9. The summed E-state index contributed by atoms with van der Waals surface area (Å²) in [6.07, 6.45) is 5.27. The Morgan fingerprint density at radius 1 is 1.21 bits per heavy atom. The monoisotopic (exact) mass is 590 g/mol. The smallest absolute Gasteiger partial charge is 0.475 e. The van der Waals surface area contributed by atoms with E-state index in [0.29, 0.717) is 37.1 Å². The van der Waals surface area contributed by atoms with Crippen LogP contribution >= 0.6 is 0 Å². The molecule has 0 radical (unpaired) electrons. The molecule has 1 aromatic carbocycles. The number of hydrogen-bond donors (Lipinski definition) is 3. The number of amides is 2. The van der Waals surface area contributed by atoms with Crippen LogP contribution in [0.1, 0.15) is 66.7 Å². The van der Waals surface area contributed by atoms with E-state index in [9.17, 15) is 22.8 Å². The number of carboxylic acids is 1. The number of carboxylic acid groups (broad SMARTS) is 1. The lowest BCUT2D eigenvalue weighted by atomic mass is 10.0. The van der Waals surface area contributed by atoms with Gasteiger partial charge in [-0.25, -0.2) is 4.79 Å². The molecule has 0 spiro atoms. The highest BCUT2D eigenvalue weighted by molar-refractivity contribution is 5.98. The molecule has 2 amide bonds. The van der Waals surface area contributed by atoms with Crippen molar-refractivity contribution in [3.63, 3.8) is 0 Å². The molecule has 2 aromatic rings. The first-order valence-corrected chi connectivity index (χ1v) is 13.1. The van der Waals surface area contributed by atoms with E-state index in [0.717, 1.165) is 18.4 Å². The molecule has 1 unspecified atom stereocenters. The minimum absolute atomic E-state index is 0.255. The third kappa shape index (κ3) is 9.10. The Labute approximate surface area is 240 Å². The predicted octanol–water partition coefficient (Wildman–Crippen LogP) is 3.32. The number of nitrogens with one attached hydrogen (secondary N) is 2. The molecule has 0 saturated heterocycles. The van der Waals surface area contributed by atoms with Crippen LogP contribution in [0.2, 0.25) is 0 Å². The summed E-state index contributed by atoms with van der Waals surface area (Å²) in [5.74, 6) is -0.670. The quantitative estimate of drug-likeness (QED) is 0.320. The number of aliphatic carboxylic acids is 1. The molecule has 1 saturated carbocycles. The number of halogens is 3. The number of hydrogen-bond acceptors (Lipinski definition) is 8. The van der Waals surface area contributed by atoms with Crippen LogP contribution in [-0.4, -0.2) is 86.1 Å². The van der Waals surface area contributed by atoms with Crippen LogP contribution in [0.5, 0.6) is 0 Å². The van der Waals surface area contributed by atoms with Crippen LogP contribution < -0.4 is 5.32 Å². The molecule has 42 heavy (non-hydrogen) atoms. The van der Waals surface area contributed by atoms with Gasteiger partial charge in [-0.1, -0.05) is 12.1 Å². The van der Waals surface area contributed by atoms with Gasteiger partial charge < -0.3 is 20.2 Å². The normalized spacial score (nSPS) is 16.4. The molecule has 1 aliphatic heterocycles. The number of terminal acetylenes is 1. The fourth-order valence-corrected chi connectivity index (χ4v) is 4.11. The molecule has 2 heterocycles.